The zero-order valence-electron chi connectivity index (χ0n) is 15.6. The number of aliphatic hydroxyl groups excluding tert-OH is 1. The molecule has 142 valence electrons. The molecule has 0 fully saturated rings. The SMILES string of the molecule is CCCCCCCCCCC(O)CN[C@@H](CC(=O)O)c1ccccc1. The largest absolute Gasteiger partial charge is 0.481 e. The summed E-state index contributed by atoms with van der Waals surface area (Å²) in [7, 11) is 0. The molecule has 0 amide bonds. The molecule has 2 atom stereocenters. The molecule has 4 nitrogen and oxygen atoms in total. The lowest BCUT2D eigenvalue weighted by atomic mass is 10.0. The highest BCUT2D eigenvalue weighted by Gasteiger charge is 2.16. The Morgan fingerprint density at radius 2 is 1.60 bits per heavy atom. The van der Waals surface area contributed by atoms with E-state index in [9.17, 15) is 9.90 Å². The first-order valence-electron chi connectivity index (χ1n) is 9.81. The van der Waals surface area contributed by atoms with Crippen LogP contribution < -0.4 is 5.32 Å². The van der Waals surface area contributed by atoms with Crippen molar-refractivity contribution < 1.29 is 15.0 Å². The van der Waals surface area contributed by atoms with Crippen molar-refractivity contribution in [3.8, 4) is 0 Å². The van der Waals surface area contributed by atoms with E-state index in [1.54, 1.807) is 0 Å². The molecule has 1 aromatic rings. The highest BCUT2D eigenvalue weighted by molar-refractivity contribution is 5.67. The van der Waals surface area contributed by atoms with E-state index >= 15 is 0 Å². The van der Waals surface area contributed by atoms with Gasteiger partial charge in [0.1, 0.15) is 0 Å². The van der Waals surface area contributed by atoms with Crippen molar-refractivity contribution in [2.45, 2.75) is 83.3 Å². The van der Waals surface area contributed by atoms with Gasteiger partial charge in [0.25, 0.3) is 0 Å². The summed E-state index contributed by atoms with van der Waals surface area (Å²) < 4.78 is 0. The molecule has 1 aromatic carbocycles. The number of rotatable bonds is 15. The van der Waals surface area contributed by atoms with Gasteiger partial charge in [-0.2, -0.15) is 0 Å². The maximum absolute atomic E-state index is 11.1. The second-order valence-electron chi connectivity index (χ2n) is 6.89. The number of unbranched alkanes of at least 4 members (excludes halogenated alkanes) is 7. The molecule has 3 N–H and O–H groups in total. The number of aliphatic carboxylic acids is 1. The molecule has 25 heavy (non-hydrogen) atoms. The van der Waals surface area contributed by atoms with Gasteiger partial charge in [0.15, 0.2) is 0 Å². The van der Waals surface area contributed by atoms with Crippen LogP contribution in [-0.4, -0.2) is 28.8 Å². The van der Waals surface area contributed by atoms with E-state index in [-0.39, 0.29) is 12.5 Å². The predicted octanol–water partition coefficient (Wildman–Crippen LogP) is 4.68. The van der Waals surface area contributed by atoms with E-state index in [2.05, 4.69) is 12.2 Å². The van der Waals surface area contributed by atoms with Crippen LogP contribution in [0.4, 0.5) is 0 Å². The third-order valence-electron chi connectivity index (χ3n) is 4.57. The van der Waals surface area contributed by atoms with Gasteiger partial charge in [0.05, 0.1) is 12.5 Å². The van der Waals surface area contributed by atoms with Gasteiger partial charge >= 0.3 is 5.97 Å². The number of hydrogen-bond donors (Lipinski definition) is 3. The lowest BCUT2D eigenvalue weighted by molar-refractivity contribution is -0.137. The van der Waals surface area contributed by atoms with Gasteiger partial charge < -0.3 is 15.5 Å². The van der Waals surface area contributed by atoms with E-state index in [0.717, 1.165) is 18.4 Å². The number of nitrogens with one attached hydrogen (secondary N) is 1. The summed E-state index contributed by atoms with van der Waals surface area (Å²) >= 11 is 0. The van der Waals surface area contributed by atoms with Crippen LogP contribution >= 0.6 is 0 Å². The smallest absolute Gasteiger partial charge is 0.305 e. The Kier molecular flexibility index (Phi) is 12.0. The zero-order chi connectivity index (χ0) is 18.3. The Bertz CT molecular complexity index is 450. The van der Waals surface area contributed by atoms with Gasteiger partial charge in [0, 0.05) is 12.6 Å². The molecule has 0 spiro atoms. The van der Waals surface area contributed by atoms with Crippen LogP contribution in [0.25, 0.3) is 0 Å². The molecule has 0 aliphatic heterocycles. The van der Waals surface area contributed by atoms with Crippen molar-refractivity contribution in [3.05, 3.63) is 35.9 Å². The summed E-state index contributed by atoms with van der Waals surface area (Å²) in [5.41, 5.74) is 0.948. The van der Waals surface area contributed by atoms with Crippen molar-refractivity contribution in [1.82, 2.24) is 5.32 Å². The van der Waals surface area contributed by atoms with Crippen LogP contribution in [0.15, 0.2) is 30.3 Å². The van der Waals surface area contributed by atoms with Gasteiger partial charge in [-0.15, -0.1) is 0 Å². The van der Waals surface area contributed by atoms with Gasteiger partial charge in [-0.3, -0.25) is 4.79 Å². The average Bonchev–Trinajstić information content (AvgIpc) is 2.61. The summed E-state index contributed by atoms with van der Waals surface area (Å²) in [4.78, 5) is 11.1. The third-order valence-corrected chi connectivity index (χ3v) is 4.57. The van der Waals surface area contributed by atoms with Gasteiger partial charge in [0.2, 0.25) is 0 Å². The van der Waals surface area contributed by atoms with E-state index in [1.165, 1.54) is 44.9 Å². The summed E-state index contributed by atoms with van der Waals surface area (Å²) in [6.07, 6.45) is 10.4. The monoisotopic (exact) mass is 349 g/mol. The lowest BCUT2D eigenvalue weighted by Gasteiger charge is -2.20. The summed E-state index contributed by atoms with van der Waals surface area (Å²) in [5, 5.41) is 22.4. The minimum atomic E-state index is -0.834. The minimum absolute atomic E-state index is 0.0223. The van der Waals surface area contributed by atoms with Crippen molar-refractivity contribution in [2.75, 3.05) is 6.54 Å². The Balaban J connectivity index is 2.19. The third kappa shape index (κ3) is 11.0. The highest BCUT2D eigenvalue weighted by atomic mass is 16.4. The first-order chi connectivity index (χ1) is 12.1. The predicted molar refractivity (Wildman–Crippen MR) is 103 cm³/mol. The van der Waals surface area contributed by atoms with Crippen LogP contribution in [0.2, 0.25) is 0 Å². The number of benzene rings is 1. The highest BCUT2D eigenvalue weighted by Crippen LogP contribution is 2.17. The Hall–Kier alpha value is -1.39. The quantitative estimate of drug-likeness (QED) is 0.402. The van der Waals surface area contributed by atoms with E-state index in [4.69, 9.17) is 5.11 Å². The maximum atomic E-state index is 11.1. The van der Waals surface area contributed by atoms with Crippen LogP contribution in [0.3, 0.4) is 0 Å². The molecule has 0 saturated carbocycles. The topological polar surface area (TPSA) is 69.6 Å². The average molecular weight is 350 g/mol. The van der Waals surface area contributed by atoms with E-state index in [1.807, 2.05) is 30.3 Å². The fourth-order valence-electron chi connectivity index (χ4n) is 3.06. The first-order valence-corrected chi connectivity index (χ1v) is 9.81. The number of aliphatic hydroxyl groups is 1. The molecule has 0 heterocycles. The molecular weight excluding hydrogens is 314 g/mol. The number of carboxylic acid groups (broad SMARTS) is 1. The fraction of sp³-hybridized carbons (Fsp3) is 0.667. The van der Waals surface area contributed by atoms with Crippen LogP contribution in [0.1, 0.15) is 82.7 Å². The van der Waals surface area contributed by atoms with Crippen molar-refractivity contribution in [2.24, 2.45) is 0 Å². The van der Waals surface area contributed by atoms with E-state index in [0.29, 0.717) is 6.54 Å². The molecule has 0 aromatic heterocycles. The second kappa shape index (κ2) is 13.9. The minimum Gasteiger partial charge on any atom is -0.481 e. The molecule has 0 aliphatic rings. The second-order valence-corrected chi connectivity index (χ2v) is 6.89. The molecular formula is C21H35NO3. The van der Waals surface area contributed by atoms with E-state index < -0.39 is 12.1 Å². The van der Waals surface area contributed by atoms with Crippen LogP contribution in [0, 0.1) is 0 Å². The number of carbonyl (C=O) groups is 1. The van der Waals surface area contributed by atoms with Gasteiger partial charge in [-0.05, 0) is 12.0 Å². The summed E-state index contributed by atoms with van der Waals surface area (Å²) in [5.74, 6) is -0.834. The lowest BCUT2D eigenvalue weighted by Crippen LogP contribution is -2.31. The standard InChI is InChI=1S/C21H35NO3/c1-2-3-4-5-6-7-8-12-15-19(23)17-22-20(16-21(24)25)18-13-10-9-11-14-18/h9-11,13-14,19-20,22-23H,2-8,12,15-17H2,1H3,(H,24,25)/t19?,20-/m0/s1. The number of carboxylic acids is 1. The Morgan fingerprint density at radius 1 is 1.00 bits per heavy atom. The van der Waals surface area contributed by atoms with Crippen LogP contribution in [0.5, 0.6) is 0 Å². The Labute approximate surface area is 152 Å². The molecule has 0 saturated heterocycles. The molecule has 0 aliphatic carbocycles. The van der Waals surface area contributed by atoms with Crippen molar-refractivity contribution in [1.29, 1.82) is 0 Å². The molecule has 1 unspecified atom stereocenters. The van der Waals surface area contributed by atoms with Crippen molar-refractivity contribution in [3.63, 3.8) is 0 Å². The molecule has 0 bridgehead atoms. The molecule has 1 rings (SSSR count). The summed E-state index contributed by atoms with van der Waals surface area (Å²) in [6.45, 7) is 2.66. The number of hydrogen-bond acceptors (Lipinski definition) is 3. The zero-order valence-corrected chi connectivity index (χ0v) is 15.6. The first kappa shape index (κ1) is 21.7. The molecule has 0 radical (unpaired) electrons. The van der Waals surface area contributed by atoms with Gasteiger partial charge in [-0.1, -0.05) is 88.6 Å². The summed E-state index contributed by atoms with van der Waals surface area (Å²) in [6, 6.07) is 9.31. The van der Waals surface area contributed by atoms with Gasteiger partial charge in [-0.25, -0.2) is 0 Å². The fourth-order valence-corrected chi connectivity index (χ4v) is 3.06. The molecule has 4 heteroatoms. The Morgan fingerprint density at radius 3 is 2.20 bits per heavy atom. The van der Waals surface area contributed by atoms with Crippen molar-refractivity contribution >= 4 is 5.97 Å². The van der Waals surface area contributed by atoms with Crippen LogP contribution in [-0.2, 0) is 4.79 Å². The normalized spacial score (nSPS) is 13.5. The maximum Gasteiger partial charge on any atom is 0.305 e.